The monoisotopic (exact) mass is 276 g/mol. The minimum absolute atomic E-state index is 0. The van der Waals surface area contributed by atoms with Gasteiger partial charge in [-0.15, -0.1) is 12.4 Å². The van der Waals surface area contributed by atoms with E-state index in [1.807, 2.05) is 0 Å². The number of rotatable bonds is 6. The van der Waals surface area contributed by atoms with Gasteiger partial charge in [0.2, 0.25) is 5.91 Å². The van der Waals surface area contributed by atoms with E-state index in [0.717, 1.165) is 32.4 Å². The smallest absolute Gasteiger partial charge is 0.226 e. The Morgan fingerprint density at radius 1 is 1.44 bits per heavy atom. The number of ether oxygens (including phenoxy) is 1. The van der Waals surface area contributed by atoms with E-state index in [9.17, 15) is 4.79 Å². The number of nitrogens with one attached hydrogen (secondary N) is 2. The Morgan fingerprint density at radius 3 is 2.72 bits per heavy atom. The number of amides is 1. The Bertz CT molecular complexity index is 264. The van der Waals surface area contributed by atoms with Crippen LogP contribution in [0.25, 0.3) is 0 Å². The van der Waals surface area contributed by atoms with Crippen LogP contribution < -0.4 is 10.6 Å². The van der Waals surface area contributed by atoms with Crippen molar-refractivity contribution in [1.82, 2.24) is 10.6 Å². The van der Waals surface area contributed by atoms with Crippen molar-refractivity contribution in [1.29, 1.82) is 0 Å². The molecule has 0 bridgehead atoms. The molecule has 1 atom stereocenters. The van der Waals surface area contributed by atoms with E-state index in [4.69, 9.17) is 4.74 Å². The van der Waals surface area contributed by atoms with Crippen LogP contribution in [0, 0.1) is 5.41 Å². The summed E-state index contributed by atoms with van der Waals surface area (Å²) >= 11 is 0. The number of carbonyl (C=O) groups is 1. The number of carbonyl (C=O) groups excluding carboxylic acids is 1. The minimum atomic E-state index is -0.116. The van der Waals surface area contributed by atoms with Gasteiger partial charge >= 0.3 is 0 Å². The van der Waals surface area contributed by atoms with Crippen molar-refractivity contribution in [3.05, 3.63) is 0 Å². The zero-order valence-corrected chi connectivity index (χ0v) is 12.0. The lowest BCUT2D eigenvalue weighted by Crippen LogP contribution is -2.49. The largest absolute Gasteiger partial charge is 0.385 e. The quantitative estimate of drug-likeness (QED) is 0.773. The molecular formula is C13H25ClN2O2. The van der Waals surface area contributed by atoms with E-state index in [2.05, 4.69) is 10.6 Å². The molecular weight excluding hydrogens is 252 g/mol. The van der Waals surface area contributed by atoms with E-state index in [1.165, 1.54) is 19.3 Å². The van der Waals surface area contributed by atoms with Gasteiger partial charge in [0.25, 0.3) is 0 Å². The zero-order valence-electron chi connectivity index (χ0n) is 11.2. The molecule has 1 unspecified atom stereocenters. The molecule has 4 nitrogen and oxygen atoms in total. The maximum atomic E-state index is 12.2. The minimum Gasteiger partial charge on any atom is -0.385 e. The fourth-order valence-corrected chi connectivity index (χ4v) is 2.83. The molecule has 18 heavy (non-hydrogen) atoms. The van der Waals surface area contributed by atoms with Crippen molar-refractivity contribution in [2.24, 2.45) is 5.41 Å². The molecule has 5 heteroatoms. The summed E-state index contributed by atoms with van der Waals surface area (Å²) in [6.07, 6.45) is 6.52. The lowest BCUT2D eigenvalue weighted by atomic mass is 9.66. The average molecular weight is 277 g/mol. The Hall–Kier alpha value is -0.320. The van der Waals surface area contributed by atoms with Crippen LogP contribution in [0.1, 0.15) is 38.5 Å². The van der Waals surface area contributed by atoms with Crippen molar-refractivity contribution in [2.45, 2.75) is 44.6 Å². The first-order valence-corrected chi connectivity index (χ1v) is 6.77. The van der Waals surface area contributed by atoms with Crippen LogP contribution >= 0.6 is 12.4 Å². The van der Waals surface area contributed by atoms with Crippen LogP contribution in [-0.2, 0) is 9.53 Å². The molecule has 1 amide bonds. The number of methoxy groups -OCH3 is 1. The fraction of sp³-hybridized carbons (Fsp3) is 0.923. The molecule has 0 aromatic heterocycles. The molecule has 1 aliphatic heterocycles. The molecule has 2 fully saturated rings. The van der Waals surface area contributed by atoms with Gasteiger partial charge in [-0.05, 0) is 38.6 Å². The first-order chi connectivity index (χ1) is 8.27. The molecule has 2 rings (SSSR count). The van der Waals surface area contributed by atoms with Crippen molar-refractivity contribution in [2.75, 3.05) is 26.8 Å². The molecule has 1 heterocycles. The summed E-state index contributed by atoms with van der Waals surface area (Å²) in [6.45, 7) is 2.57. The molecule has 1 saturated carbocycles. The highest BCUT2D eigenvalue weighted by Gasteiger charge is 2.43. The van der Waals surface area contributed by atoms with Gasteiger partial charge < -0.3 is 15.4 Å². The van der Waals surface area contributed by atoms with E-state index >= 15 is 0 Å². The Balaban J connectivity index is 0.00000162. The molecule has 0 aromatic carbocycles. The number of halogens is 1. The molecule has 0 aromatic rings. The van der Waals surface area contributed by atoms with Gasteiger partial charge in [-0.2, -0.15) is 0 Å². The van der Waals surface area contributed by atoms with Crippen LogP contribution in [0.15, 0.2) is 0 Å². The fourth-order valence-electron chi connectivity index (χ4n) is 2.83. The number of hydrogen-bond acceptors (Lipinski definition) is 3. The Labute approximate surface area is 116 Å². The van der Waals surface area contributed by atoms with Gasteiger partial charge in [-0.25, -0.2) is 0 Å². The highest BCUT2D eigenvalue weighted by atomic mass is 35.5. The van der Waals surface area contributed by atoms with Gasteiger partial charge in [0, 0.05) is 26.3 Å². The predicted molar refractivity (Wildman–Crippen MR) is 74.1 cm³/mol. The molecule has 1 aliphatic carbocycles. The van der Waals surface area contributed by atoms with E-state index in [1.54, 1.807) is 7.11 Å². The van der Waals surface area contributed by atoms with Crippen molar-refractivity contribution in [3.63, 3.8) is 0 Å². The summed E-state index contributed by atoms with van der Waals surface area (Å²) in [5.74, 6) is 0.245. The summed E-state index contributed by atoms with van der Waals surface area (Å²) in [6, 6.07) is 0.485. The van der Waals surface area contributed by atoms with E-state index in [-0.39, 0.29) is 23.7 Å². The predicted octanol–water partition coefficient (Wildman–Crippen LogP) is 1.48. The first kappa shape index (κ1) is 15.7. The molecule has 0 spiro atoms. The highest BCUT2D eigenvalue weighted by molar-refractivity contribution is 5.85. The second-order valence-electron chi connectivity index (χ2n) is 5.38. The number of hydrogen-bond donors (Lipinski definition) is 2. The van der Waals surface area contributed by atoms with Gasteiger partial charge in [0.05, 0.1) is 5.41 Å². The highest BCUT2D eigenvalue weighted by Crippen LogP contribution is 2.44. The zero-order chi connectivity index (χ0) is 12.1. The summed E-state index contributed by atoms with van der Waals surface area (Å²) in [5.41, 5.74) is -0.116. The van der Waals surface area contributed by atoms with Crippen LogP contribution in [-0.4, -0.2) is 38.8 Å². The van der Waals surface area contributed by atoms with Gasteiger partial charge in [-0.1, -0.05) is 6.42 Å². The van der Waals surface area contributed by atoms with Crippen molar-refractivity contribution >= 4 is 18.3 Å². The van der Waals surface area contributed by atoms with Crippen LogP contribution in [0.2, 0.25) is 0 Å². The average Bonchev–Trinajstić information content (AvgIpc) is 2.78. The lowest BCUT2D eigenvalue weighted by molar-refractivity contribution is -0.137. The van der Waals surface area contributed by atoms with Gasteiger partial charge in [-0.3, -0.25) is 4.79 Å². The Morgan fingerprint density at radius 2 is 2.22 bits per heavy atom. The second-order valence-corrected chi connectivity index (χ2v) is 5.38. The van der Waals surface area contributed by atoms with Crippen LogP contribution in [0.3, 0.4) is 0 Å². The summed E-state index contributed by atoms with van der Waals surface area (Å²) in [4.78, 5) is 12.2. The summed E-state index contributed by atoms with van der Waals surface area (Å²) in [7, 11) is 1.70. The third-order valence-corrected chi connectivity index (χ3v) is 4.25. The van der Waals surface area contributed by atoms with Crippen LogP contribution in [0.5, 0.6) is 0 Å². The molecule has 2 aliphatic rings. The molecule has 0 radical (unpaired) electrons. The van der Waals surface area contributed by atoms with Gasteiger partial charge in [0.15, 0.2) is 0 Å². The van der Waals surface area contributed by atoms with E-state index < -0.39 is 0 Å². The Kier molecular flexibility index (Phi) is 6.39. The first-order valence-electron chi connectivity index (χ1n) is 6.77. The standard InChI is InChI=1S/C13H24N2O2.ClH/c1-17-9-7-13(5-3-6-13)12(16)15-10-11-4-2-8-14-11;/h11,14H,2-10H2,1H3,(H,15,16);1H. The molecule has 106 valence electrons. The maximum Gasteiger partial charge on any atom is 0.226 e. The summed E-state index contributed by atoms with van der Waals surface area (Å²) < 4.78 is 5.11. The topological polar surface area (TPSA) is 50.4 Å². The van der Waals surface area contributed by atoms with Crippen molar-refractivity contribution < 1.29 is 9.53 Å². The second kappa shape index (κ2) is 7.31. The summed E-state index contributed by atoms with van der Waals surface area (Å²) in [5, 5.41) is 6.52. The third kappa shape index (κ3) is 3.59. The normalized spacial score (nSPS) is 25.1. The molecule has 2 N–H and O–H groups in total. The third-order valence-electron chi connectivity index (χ3n) is 4.25. The maximum absolute atomic E-state index is 12.2. The van der Waals surface area contributed by atoms with Gasteiger partial charge in [0.1, 0.15) is 0 Å². The van der Waals surface area contributed by atoms with Crippen molar-refractivity contribution in [3.8, 4) is 0 Å². The SMILES string of the molecule is COCCC1(C(=O)NCC2CCCN2)CCC1.Cl. The lowest BCUT2D eigenvalue weighted by Gasteiger charge is -2.40. The van der Waals surface area contributed by atoms with Crippen LogP contribution in [0.4, 0.5) is 0 Å². The molecule has 1 saturated heterocycles. The van der Waals surface area contributed by atoms with E-state index in [0.29, 0.717) is 12.6 Å².